The molecule has 11 heteroatoms. The smallest absolute Gasteiger partial charge is 0.270 e. The number of aromatic nitrogens is 6. The van der Waals surface area contributed by atoms with Gasteiger partial charge in [-0.15, -0.1) is 10.2 Å². The Balaban J connectivity index is 1.41. The van der Waals surface area contributed by atoms with Gasteiger partial charge in [0.15, 0.2) is 0 Å². The maximum atomic E-state index is 12.7. The fourth-order valence-corrected chi connectivity index (χ4v) is 3.38. The monoisotopic (exact) mass is 453 g/mol. The lowest BCUT2D eigenvalue weighted by Crippen LogP contribution is -2.38. The van der Waals surface area contributed by atoms with Gasteiger partial charge >= 0.3 is 0 Å². The predicted molar refractivity (Wildman–Crippen MR) is 118 cm³/mol. The van der Waals surface area contributed by atoms with Crippen LogP contribution in [0.3, 0.4) is 0 Å². The molecule has 1 amide bonds. The van der Waals surface area contributed by atoms with E-state index in [4.69, 9.17) is 14.2 Å². The van der Waals surface area contributed by atoms with Crippen LogP contribution < -0.4 is 10.1 Å². The van der Waals surface area contributed by atoms with Crippen molar-refractivity contribution in [3.05, 3.63) is 47.4 Å². The first-order chi connectivity index (χ1) is 16.0. The van der Waals surface area contributed by atoms with Crippen molar-refractivity contribution < 1.29 is 19.0 Å². The molecule has 1 saturated heterocycles. The van der Waals surface area contributed by atoms with Gasteiger partial charge in [-0.25, -0.2) is 9.97 Å². The topological polar surface area (TPSA) is 126 Å². The number of carbonyl (C=O) groups is 1. The molecule has 1 fully saturated rings. The molecule has 3 aromatic rings. The number of benzene rings is 1. The van der Waals surface area contributed by atoms with Gasteiger partial charge in [-0.05, 0) is 42.3 Å². The largest absolute Gasteiger partial charge is 0.497 e. The molecule has 174 valence electrons. The van der Waals surface area contributed by atoms with E-state index in [0.717, 1.165) is 17.7 Å². The molecular formula is C22H27N7O4. The Hall–Kier alpha value is -3.44. The van der Waals surface area contributed by atoms with Crippen LogP contribution in [0.1, 0.15) is 35.2 Å². The first kappa shape index (κ1) is 22.7. The maximum absolute atomic E-state index is 12.7. The molecule has 0 aliphatic carbocycles. The van der Waals surface area contributed by atoms with Crippen LogP contribution >= 0.6 is 0 Å². The molecule has 3 heterocycles. The summed E-state index contributed by atoms with van der Waals surface area (Å²) in [7, 11) is 1.60. The number of tetrazole rings is 1. The number of methoxy groups -OCH3 is 1. The van der Waals surface area contributed by atoms with E-state index in [2.05, 4.69) is 37.6 Å². The van der Waals surface area contributed by atoms with Gasteiger partial charge in [-0.3, -0.25) is 4.79 Å². The summed E-state index contributed by atoms with van der Waals surface area (Å²) in [4.78, 5) is 22.8. The van der Waals surface area contributed by atoms with Gasteiger partial charge in [0.05, 0.1) is 33.0 Å². The van der Waals surface area contributed by atoms with E-state index in [0.29, 0.717) is 43.6 Å². The predicted octanol–water partition coefficient (Wildman–Crippen LogP) is 1.57. The van der Waals surface area contributed by atoms with Gasteiger partial charge < -0.3 is 19.5 Å². The zero-order valence-electron chi connectivity index (χ0n) is 18.9. The summed E-state index contributed by atoms with van der Waals surface area (Å²) in [5.41, 5.74) is 1.57. The second kappa shape index (κ2) is 10.5. The second-order valence-electron chi connectivity index (χ2n) is 7.71. The van der Waals surface area contributed by atoms with Crippen molar-refractivity contribution in [1.29, 1.82) is 0 Å². The third-order valence-electron chi connectivity index (χ3n) is 5.20. The van der Waals surface area contributed by atoms with Crippen molar-refractivity contribution in [3.8, 4) is 17.3 Å². The summed E-state index contributed by atoms with van der Waals surface area (Å²) in [5.74, 6) is 1.15. The van der Waals surface area contributed by atoms with Crippen LogP contribution in [0.25, 0.3) is 11.5 Å². The van der Waals surface area contributed by atoms with Crippen LogP contribution in [0, 0.1) is 6.92 Å². The lowest BCUT2D eigenvalue weighted by molar-refractivity contribution is -0.139. The number of amides is 1. The molecule has 1 aliphatic heterocycles. The molecule has 1 aliphatic rings. The average molecular weight is 454 g/mol. The summed E-state index contributed by atoms with van der Waals surface area (Å²) in [6, 6.07) is 9.05. The first-order valence-electron chi connectivity index (χ1n) is 10.8. The van der Waals surface area contributed by atoms with Crippen LogP contribution in [0.2, 0.25) is 0 Å². The summed E-state index contributed by atoms with van der Waals surface area (Å²) in [5, 5.41) is 15.4. The Morgan fingerprint density at radius 1 is 1.21 bits per heavy atom. The number of nitrogens with one attached hydrogen (secondary N) is 1. The zero-order chi connectivity index (χ0) is 23.2. The van der Waals surface area contributed by atoms with Crippen molar-refractivity contribution in [2.45, 2.75) is 45.6 Å². The van der Waals surface area contributed by atoms with Gasteiger partial charge in [0.25, 0.3) is 5.91 Å². The highest BCUT2D eigenvalue weighted by Crippen LogP contribution is 2.15. The quantitative estimate of drug-likeness (QED) is 0.541. The van der Waals surface area contributed by atoms with Crippen LogP contribution in [0.5, 0.6) is 5.75 Å². The number of hydrogen-bond acceptors (Lipinski definition) is 9. The number of rotatable bonds is 8. The molecule has 4 rings (SSSR count). The van der Waals surface area contributed by atoms with Crippen LogP contribution in [0.4, 0.5) is 0 Å². The highest BCUT2D eigenvalue weighted by atomic mass is 16.6. The fourth-order valence-electron chi connectivity index (χ4n) is 3.38. The van der Waals surface area contributed by atoms with E-state index in [9.17, 15) is 4.79 Å². The number of aryl methyl sites for hydroxylation is 1. The van der Waals surface area contributed by atoms with E-state index >= 15 is 0 Å². The van der Waals surface area contributed by atoms with Crippen molar-refractivity contribution in [1.82, 2.24) is 35.5 Å². The minimum atomic E-state index is -0.324. The molecule has 2 aromatic heterocycles. The second-order valence-corrected chi connectivity index (χ2v) is 7.71. The van der Waals surface area contributed by atoms with E-state index < -0.39 is 0 Å². The number of ether oxygens (including phenoxy) is 3. The SMILES string of the molecule is CC[C@H]1COC(Cn2nnc(-c3cc(C(=O)NCc4cccc(OC)c4)nc(C)n3)n2)CO1. The summed E-state index contributed by atoms with van der Waals surface area (Å²) in [6.07, 6.45) is 0.916. The molecule has 0 saturated carbocycles. The molecule has 1 N–H and O–H groups in total. The Kier molecular flexibility index (Phi) is 7.20. The highest BCUT2D eigenvalue weighted by molar-refractivity contribution is 5.93. The average Bonchev–Trinajstić information content (AvgIpc) is 3.31. The summed E-state index contributed by atoms with van der Waals surface area (Å²) < 4.78 is 16.8. The molecule has 0 bridgehead atoms. The van der Waals surface area contributed by atoms with E-state index in [1.165, 1.54) is 4.80 Å². The van der Waals surface area contributed by atoms with Crippen molar-refractivity contribution >= 4 is 5.91 Å². The molecule has 1 unspecified atom stereocenters. The molecule has 1 aromatic carbocycles. The van der Waals surface area contributed by atoms with Crippen LogP contribution in [-0.2, 0) is 22.6 Å². The van der Waals surface area contributed by atoms with Gasteiger partial charge in [0, 0.05) is 6.54 Å². The highest BCUT2D eigenvalue weighted by Gasteiger charge is 2.23. The fraction of sp³-hybridized carbons (Fsp3) is 0.455. The van der Waals surface area contributed by atoms with Crippen molar-refractivity contribution in [2.75, 3.05) is 20.3 Å². The van der Waals surface area contributed by atoms with Crippen LogP contribution in [0.15, 0.2) is 30.3 Å². The summed E-state index contributed by atoms with van der Waals surface area (Å²) in [6.45, 7) is 5.58. The van der Waals surface area contributed by atoms with Crippen LogP contribution in [-0.4, -0.2) is 68.6 Å². The minimum Gasteiger partial charge on any atom is -0.497 e. The van der Waals surface area contributed by atoms with Gasteiger partial charge in [0.2, 0.25) is 5.82 Å². The standard InChI is InChI=1S/C22H27N7O4/c1-4-16-12-33-18(13-32-16)11-29-27-21(26-28-29)19-9-20(25-14(2)24-19)22(30)23-10-15-6-5-7-17(8-15)31-3/h5-9,16,18H,4,10-13H2,1-3H3,(H,23,30)/t16-,18?/m0/s1. The Bertz CT molecular complexity index is 1100. The molecule has 33 heavy (non-hydrogen) atoms. The third-order valence-corrected chi connectivity index (χ3v) is 5.20. The Labute approximate surface area is 191 Å². The lowest BCUT2D eigenvalue weighted by Gasteiger charge is -2.28. The molecule has 0 radical (unpaired) electrons. The van der Waals surface area contributed by atoms with E-state index in [1.807, 2.05) is 24.3 Å². The number of nitrogens with zero attached hydrogens (tertiary/aromatic N) is 6. The maximum Gasteiger partial charge on any atom is 0.270 e. The lowest BCUT2D eigenvalue weighted by atomic mass is 10.2. The normalized spacial score (nSPS) is 18.2. The van der Waals surface area contributed by atoms with Gasteiger partial charge in [-0.1, -0.05) is 19.1 Å². The third kappa shape index (κ3) is 5.88. The zero-order valence-corrected chi connectivity index (χ0v) is 18.9. The minimum absolute atomic E-state index is 0.137. The van der Waals surface area contributed by atoms with Gasteiger partial charge in [0.1, 0.15) is 29.1 Å². The van der Waals surface area contributed by atoms with E-state index in [-0.39, 0.29) is 23.8 Å². The molecular weight excluding hydrogens is 426 g/mol. The molecule has 2 atom stereocenters. The molecule has 11 nitrogen and oxygen atoms in total. The number of hydrogen-bond donors (Lipinski definition) is 1. The number of carbonyl (C=O) groups excluding carboxylic acids is 1. The van der Waals surface area contributed by atoms with Gasteiger partial charge in [-0.2, -0.15) is 4.80 Å². The van der Waals surface area contributed by atoms with Crippen molar-refractivity contribution in [2.24, 2.45) is 0 Å². The molecule has 0 spiro atoms. The summed E-state index contributed by atoms with van der Waals surface area (Å²) >= 11 is 0. The van der Waals surface area contributed by atoms with Crippen molar-refractivity contribution in [3.63, 3.8) is 0 Å². The Morgan fingerprint density at radius 2 is 2.03 bits per heavy atom. The van der Waals surface area contributed by atoms with E-state index in [1.54, 1.807) is 20.1 Å². The first-order valence-corrected chi connectivity index (χ1v) is 10.8. The Morgan fingerprint density at radius 3 is 2.79 bits per heavy atom.